The van der Waals surface area contributed by atoms with Gasteiger partial charge in [0, 0.05) is 23.9 Å². The number of nitrogens with zero attached hydrogens (tertiary/aromatic N) is 2. The van der Waals surface area contributed by atoms with Crippen LogP contribution in [0.3, 0.4) is 0 Å². The first kappa shape index (κ1) is 22.3. The number of carbonyl (C=O) groups excluding carboxylic acids is 1. The third-order valence-corrected chi connectivity index (χ3v) is 7.01. The average molecular weight is 470 g/mol. The molecule has 0 bridgehead atoms. The van der Waals surface area contributed by atoms with E-state index in [1.165, 1.54) is 23.5 Å². The Kier molecular flexibility index (Phi) is 6.76. The van der Waals surface area contributed by atoms with Crippen LogP contribution in [0.1, 0.15) is 11.3 Å². The molecule has 0 fully saturated rings. The Morgan fingerprint density at radius 2 is 1.91 bits per heavy atom. The van der Waals surface area contributed by atoms with Crippen molar-refractivity contribution in [2.24, 2.45) is 0 Å². The van der Waals surface area contributed by atoms with E-state index in [-0.39, 0.29) is 17.2 Å². The molecule has 2 aromatic carbocycles. The molecule has 1 N–H and O–H groups in total. The van der Waals surface area contributed by atoms with E-state index >= 15 is 0 Å². The summed E-state index contributed by atoms with van der Waals surface area (Å²) in [5.41, 5.74) is 3.12. The number of nitrogens with one attached hydrogen (secondary N) is 1. The fraction of sp³-hybridized carbons (Fsp3) is 0.261. The van der Waals surface area contributed by atoms with Crippen molar-refractivity contribution in [2.75, 3.05) is 31.0 Å². The molecule has 0 saturated heterocycles. The Labute approximate surface area is 194 Å². The van der Waals surface area contributed by atoms with Gasteiger partial charge in [0.25, 0.3) is 5.56 Å². The molecule has 0 unspecified atom stereocenters. The summed E-state index contributed by atoms with van der Waals surface area (Å²) in [5, 5.41) is 3.36. The fourth-order valence-corrected chi connectivity index (χ4v) is 5.20. The van der Waals surface area contributed by atoms with Crippen LogP contribution in [0.2, 0.25) is 0 Å². The quantitative estimate of drug-likeness (QED) is 0.415. The number of amides is 1. The van der Waals surface area contributed by atoms with Crippen molar-refractivity contribution in [1.82, 2.24) is 9.55 Å². The number of ether oxygens (including phenoxy) is 2. The van der Waals surface area contributed by atoms with E-state index in [1.807, 2.05) is 31.2 Å². The van der Waals surface area contributed by atoms with Gasteiger partial charge in [0.1, 0.15) is 0 Å². The highest BCUT2D eigenvalue weighted by Crippen LogP contribution is 2.33. The second-order valence-electron chi connectivity index (χ2n) is 7.15. The fourth-order valence-electron chi connectivity index (χ4n) is 3.34. The molecular formula is C23H23N3O4S2. The number of hydrogen-bond donors (Lipinski definition) is 1. The Hall–Kier alpha value is -2.91. The summed E-state index contributed by atoms with van der Waals surface area (Å²) in [6.45, 7) is 1.99. The van der Waals surface area contributed by atoms with Crippen LogP contribution >= 0.6 is 23.5 Å². The second kappa shape index (κ2) is 9.70. The van der Waals surface area contributed by atoms with Crippen molar-refractivity contribution < 1.29 is 14.3 Å². The zero-order valence-electron chi connectivity index (χ0n) is 18.0. The number of benzene rings is 2. The number of rotatable bonds is 7. The first-order chi connectivity index (χ1) is 15.5. The second-order valence-corrected chi connectivity index (χ2v) is 9.20. The lowest BCUT2D eigenvalue weighted by Gasteiger charge is -2.15. The van der Waals surface area contributed by atoms with Gasteiger partial charge in [0.2, 0.25) is 5.91 Å². The number of aryl methyl sites for hydroxylation is 2. The number of thioether (sulfide) groups is 2. The molecule has 3 aromatic rings. The van der Waals surface area contributed by atoms with Gasteiger partial charge in [0.05, 0.1) is 36.2 Å². The molecule has 0 spiro atoms. The van der Waals surface area contributed by atoms with Crippen LogP contribution in [-0.4, -0.2) is 41.2 Å². The number of aromatic nitrogens is 2. The van der Waals surface area contributed by atoms with Crippen molar-refractivity contribution in [2.45, 2.75) is 23.4 Å². The highest BCUT2D eigenvalue weighted by atomic mass is 32.2. The largest absolute Gasteiger partial charge is 0.493 e. The van der Waals surface area contributed by atoms with E-state index in [2.05, 4.69) is 5.32 Å². The minimum Gasteiger partial charge on any atom is -0.493 e. The number of carbonyl (C=O) groups is 1. The molecule has 32 heavy (non-hydrogen) atoms. The smallest absolute Gasteiger partial charge is 0.272 e. The van der Waals surface area contributed by atoms with Crippen molar-refractivity contribution in [3.8, 4) is 17.2 Å². The van der Waals surface area contributed by atoms with Gasteiger partial charge in [-0.15, -0.1) is 11.8 Å². The minimum absolute atomic E-state index is 0.125. The third kappa shape index (κ3) is 4.63. The summed E-state index contributed by atoms with van der Waals surface area (Å²) in [4.78, 5) is 31.2. The summed E-state index contributed by atoms with van der Waals surface area (Å²) in [6, 6.07) is 12.9. The lowest BCUT2D eigenvalue weighted by atomic mass is 10.2. The van der Waals surface area contributed by atoms with E-state index in [9.17, 15) is 9.59 Å². The first-order valence-corrected chi connectivity index (χ1v) is 12.0. The normalized spacial score (nSPS) is 12.3. The Bertz CT molecular complexity index is 1210. The van der Waals surface area contributed by atoms with Gasteiger partial charge >= 0.3 is 0 Å². The summed E-state index contributed by atoms with van der Waals surface area (Å²) in [5.74, 6) is 1.87. The van der Waals surface area contributed by atoms with Crippen LogP contribution < -0.4 is 20.3 Å². The maximum Gasteiger partial charge on any atom is 0.272 e. The standard InChI is InChI=1S/C23H23N3O4S2/c1-14-4-6-15(7-5-14)24-20(27)13-32-23-25-17-10-11-31-21(17)22(28)26(23)16-8-9-18(29-2)19(12-16)30-3/h4-9,12H,10-11,13H2,1-3H3,(H,24,27). The molecule has 9 heteroatoms. The lowest BCUT2D eigenvalue weighted by molar-refractivity contribution is -0.113. The van der Waals surface area contributed by atoms with Crippen molar-refractivity contribution >= 4 is 35.1 Å². The molecule has 0 radical (unpaired) electrons. The zero-order chi connectivity index (χ0) is 22.7. The molecule has 7 nitrogen and oxygen atoms in total. The van der Waals surface area contributed by atoms with Crippen LogP contribution in [0.25, 0.3) is 5.69 Å². The van der Waals surface area contributed by atoms with Crippen molar-refractivity contribution in [3.63, 3.8) is 0 Å². The van der Waals surface area contributed by atoms with Crippen LogP contribution in [0.15, 0.2) is 57.3 Å². The molecule has 0 aliphatic carbocycles. The maximum absolute atomic E-state index is 13.3. The molecule has 0 atom stereocenters. The highest BCUT2D eigenvalue weighted by molar-refractivity contribution is 8.00. The number of methoxy groups -OCH3 is 2. The van der Waals surface area contributed by atoms with Crippen LogP contribution in [-0.2, 0) is 11.2 Å². The zero-order valence-corrected chi connectivity index (χ0v) is 19.6. The highest BCUT2D eigenvalue weighted by Gasteiger charge is 2.23. The SMILES string of the molecule is COc1ccc(-n2c(SCC(=O)Nc3ccc(C)cc3)nc3c(c2=O)SCC3)cc1OC. The first-order valence-electron chi connectivity index (χ1n) is 10.0. The molecular weight excluding hydrogens is 446 g/mol. The Balaban J connectivity index is 1.64. The van der Waals surface area contributed by atoms with Gasteiger partial charge < -0.3 is 14.8 Å². The van der Waals surface area contributed by atoms with Crippen molar-refractivity contribution in [1.29, 1.82) is 0 Å². The molecule has 2 heterocycles. The van der Waals surface area contributed by atoms with Crippen molar-refractivity contribution in [3.05, 3.63) is 64.1 Å². The number of anilines is 1. The molecule has 1 aliphatic rings. The van der Waals surface area contributed by atoms with Gasteiger partial charge in [-0.2, -0.15) is 0 Å². The molecule has 166 valence electrons. The molecule has 1 aliphatic heterocycles. The van der Waals surface area contributed by atoms with Gasteiger partial charge in [-0.3, -0.25) is 14.2 Å². The summed E-state index contributed by atoms with van der Waals surface area (Å²) in [7, 11) is 3.11. The Morgan fingerprint density at radius 1 is 1.16 bits per heavy atom. The predicted molar refractivity (Wildman–Crippen MR) is 128 cm³/mol. The van der Waals surface area contributed by atoms with Crippen LogP contribution in [0.4, 0.5) is 5.69 Å². The topological polar surface area (TPSA) is 82.5 Å². The monoisotopic (exact) mass is 469 g/mol. The summed E-state index contributed by atoms with van der Waals surface area (Å²) in [6.07, 6.45) is 0.741. The third-order valence-electron chi connectivity index (χ3n) is 4.96. The average Bonchev–Trinajstić information content (AvgIpc) is 3.28. The van der Waals surface area contributed by atoms with E-state index in [0.717, 1.165) is 29.1 Å². The van der Waals surface area contributed by atoms with Gasteiger partial charge in [-0.25, -0.2) is 4.98 Å². The maximum atomic E-state index is 13.3. The summed E-state index contributed by atoms with van der Waals surface area (Å²) >= 11 is 2.75. The summed E-state index contributed by atoms with van der Waals surface area (Å²) < 4.78 is 12.3. The van der Waals surface area contributed by atoms with Gasteiger partial charge in [0.15, 0.2) is 16.7 Å². The molecule has 1 aromatic heterocycles. The van der Waals surface area contributed by atoms with E-state index in [4.69, 9.17) is 14.5 Å². The van der Waals surface area contributed by atoms with Crippen LogP contribution in [0, 0.1) is 6.92 Å². The molecule has 1 amide bonds. The lowest BCUT2D eigenvalue weighted by Crippen LogP contribution is -2.24. The van der Waals surface area contributed by atoms with Gasteiger partial charge in [-0.05, 0) is 31.2 Å². The molecule has 4 rings (SSSR count). The van der Waals surface area contributed by atoms with E-state index in [1.54, 1.807) is 37.0 Å². The number of fused-ring (bicyclic) bond motifs is 1. The molecule has 0 saturated carbocycles. The predicted octanol–water partition coefficient (Wildman–Crippen LogP) is 3.94. The van der Waals surface area contributed by atoms with E-state index < -0.39 is 0 Å². The van der Waals surface area contributed by atoms with Crippen LogP contribution in [0.5, 0.6) is 11.5 Å². The van der Waals surface area contributed by atoms with E-state index in [0.29, 0.717) is 27.2 Å². The van der Waals surface area contributed by atoms with Gasteiger partial charge in [-0.1, -0.05) is 29.5 Å². The Morgan fingerprint density at radius 3 is 2.62 bits per heavy atom. The minimum atomic E-state index is -0.165. The number of hydrogen-bond acceptors (Lipinski definition) is 7.